The Balaban J connectivity index is 2.15. The lowest BCUT2D eigenvalue weighted by atomic mass is 9.96. The van der Waals surface area contributed by atoms with Crippen molar-refractivity contribution in [3.63, 3.8) is 0 Å². The molecule has 0 saturated carbocycles. The number of halogens is 3. The molecule has 1 N–H and O–H groups in total. The van der Waals surface area contributed by atoms with Crippen molar-refractivity contribution in [2.75, 3.05) is 12.4 Å². The Labute approximate surface area is 165 Å². The fourth-order valence-corrected chi connectivity index (χ4v) is 2.97. The zero-order chi connectivity index (χ0) is 22.0. The van der Waals surface area contributed by atoms with E-state index in [1.807, 2.05) is 20.8 Å². The van der Waals surface area contributed by atoms with Gasteiger partial charge in [0.15, 0.2) is 5.82 Å². The van der Waals surface area contributed by atoms with Gasteiger partial charge in [-0.2, -0.15) is 18.2 Å². The molecule has 0 unspecified atom stereocenters. The second kappa shape index (κ2) is 8.01. The SMILES string of the molecule is COc1ccc(S(=O)(=O)C(F)(F)F)cc1NC(=O)CCc1nc(C(C)(C)C)no1. The number of hydrogen-bond donors (Lipinski definition) is 1. The van der Waals surface area contributed by atoms with Gasteiger partial charge >= 0.3 is 5.51 Å². The van der Waals surface area contributed by atoms with E-state index in [0.717, 1.165) is 12.1 Å². The Morgan fingerprint density at radius 1 is 1.24 bits per heavy atom. The normalized spacial score (nSPS) is 12.7. The summed E-state index contributed by atoms with van der Waals surface area (Å²) in [6.07, 6.45) is -0.0249. The topological polar surface area (TPSA) is 111 Å². The molecule has 0 fully saturated rings. The van der Waals surface area contributed by atoms with Crippen molar-refractivity contribution in [2.45, 2.75) is 49.4 Å². The summed E-state index contributed by atoms with van der Waals surface area (Å²) >= 11 is 0. The molecule has 8 nitrogen and oxygen atoms in total. The maximum absolute atomic E-state index is 12.8. The summed E-state index contributed by atoms with van der Waals surface area (Å²) in [5.41, 5.74) is -6.00. The van der Waals surface area contributed by atoms with E-state index in [1.54, 1.807) is 0 Å². The van der Waals surface area contributed by atoms with Gasteiger partial charge in [-0.05, 0) is 18.2 Å². The van der Waals surface area contributed by atoms with Gasteiger partial charge in [-0.3, -0.25) is 4.79 Å². The Bertz CT molecular complexity index is 994. The van der Waals surface area contributed by atoms with Crippen LogP contribution in [0.5, 0.6) is 5.75 Å². The highest BCUT2D eigenvalue weighted by molar-refractivity contribution is 7.92. The van der Waals surface area contributed by atoms with E-state index < -0.39 is 26.1 Å². The number of carbonyl (C=O) groups is 1. The van der Waals surface area contributed by atoms with Gasteiger partial charge < -0.3 is 14.6 Å². The summed E-state index contributed by atoms with van der Waals surface area (Å²) in [6.45, 7) is 5.67. The van der Waals surface area contributed by atoms with Gasteiger partial charge in [0, 0.05) is 18.3 Å². The lowest BCUT2D eigenvalue weighted by Crippen LogP contribution is -2.23. The summed E-state index contributed by atoms with van der Waals surface area (Å²) in [4.78, 5) is 15.4. The van der Waals surface area contributed by atoms with E-state index in [-0.39, 0.29) is 35.6 Å². The first-order chi connectivity index (χ1) is 13.3. The fraction of sp³-hybridized carbons (Fsp3) is 0.471. The van der Waals surface area contributed by atoms with E-state index in [0.29, 0.717) is 11.9 Å². The van der Waals surface area contributed by atoms with Gasteiger partial charge in [0.1, 0.15) is 5.75 Å². The van der Waals surface area contributed by atoms with Crippen LogP contribution in [0.4, 0.5) is 18.9 Å². The maximum atomic E-state index is 12.8. The number of methoxy groups -OCH3 is 1. The van der Waals surface area contributed by atoms with Gasteiger partial charge in [-0.1, -0.05) is 25.9 Å². The van der Waals surface area contributed by atoms with Crippen LogP contribution in [-0.2, 0) is 26.5 Å². The van der Waals surface area contributed by atoms with Crippen LogP contribution in [0.3, 0.4) is 0 Å². The Kier molecular flexibility index (Phi) is 6.26. The Hall–Kier alpha value is -2.63. The van der Waals surface area contributed by atoms with Gasteiger partial charge in [-0.25, -0.2) is 8.42 Å². The van der Waals surface area contributed by atoms with Gasteiger partial charge in [0.25, 0.3) is 9.84 Å². The van der Waals surface area contributed by atoms with Gasteiger partial charge in [-0.15, -0.1) is 0 Å². The molecule has 29 heavy (non-hydrogen) atoms. The number of alkyl halides is 3. The van der Waals surface area contributed by atoms with E-state index in [1.165, 1.54) is 7.11 Å². The molecule has 0 radical (unpaired) electrons. The smallest absolute Gasteiger partial charge is 0.495 e. The molecule has 0 saturated heterocycles. The number of hydrogen-bond acceptors (Lipinski definition) is 7. The molecule has 0 aliphatic rings. The molecule has 2 rings (SSSR count). The second-order valence-electron chi connectivity index (χ2n) is 7.12. The number of anilines is 1. The standard InChI is InChI=1S/C17H20F3N3O5S/c1-16(2,3)15-22-14(28-23-15)8-7-13(24)21-11-9-10(5-6-12(11)27-4)29(25,26)17(18,19)20/h5-6,9H,7-8H2,1-4H3,(H,21,24). The largest absolute Gasteiger partial charge is 0.501 e. The summed E-state index contributed by atoms with van der Waals surface area (Å²) in [6, 6.07) is 2.48. The molecule has 0 bridgehead atoms. The van der Waals surface area contributed by atoms with Gasteiger partial charge in [0.2, 0.25) is 11.8 Å². The highest BCUT2D eigenvalue weighted by atomic mass is 32.2. The number of carbonyl (C=O) groups excluding carboxylic acids is 1. The molecule has 0 aliphatic carbocycles. The number of benzene rings is 1. The minimum Gasteiger partial charge on any atom is -0.495 e. The third-order valence-electron chi connectivity index (χ3n) is 3.76. The van der Waals surface area contributed by atoms with E-state index >= 15 is 0 Å². The first-order valence-electron chi connectivity index (χ1n) is 8.38. The molecule has 1 aromatic carbocycles. The molecule has 0 atom stereocenters. The van der Waals surface area contributed by atoms with Crippen molar-refractivity contribution in [2.24, 2.45) is 0 Å². The van der Waals surface area contributed by atoms with Crippen LogP contribution in [0, 0.1) is 0 Å². The zero-order valence-corrected chi connectivity index (χ0v) is 16.9. The third-order valence-corrected chi connectivity index (χ3v) is 5.25. The Morgan fingerprint density at radius 3 is 2.41 bits per heavy atom. The van der Waals surface area contributed by atoms with Crippen molar-refractivity contribution in [3.8, 4) is 5.75 Å². The number of sulfone groups is 1. The molecule has 1 aromatic heterocycles. The number of aryl methyl sites for hydroxylation is 1. The maximum Gasteiger partial charge on any atom is 0.501 e. The van der Waals surface area contributed by atoms with Crippen LogP contribution in [0.2, 0.25) is 0 Å². The van der Waals surface area contributed by atoms with Crippen molar-refractivity contribution >= 4 is 21.4 Å². The second-order valence-corrected chi connectivity index (χ2v) is 9.06. The minimum absolute atomic E-state index is 0.00674. The van der Waals surface area contributed by atoms with E-state index in [4.69, 9.17) is 9.26 Å². The number of amides is 1. The van der Waals surface area contributed by atoms with Gasteiger partial charge in [0.05, 0.1) is 17.7 Å². The van der Waals surface area contributed by atoms with E-state index in [9.17, 15) is 26.4 Å². The highest BCUT2D eigenvalue weighted by Crippen LogP contribution is 2.34. The molecule has 1 amide bonds. The van der Waals surface area contributed by atoms with Crippen LogP contribution in [0.25, 0.3) is 0 Å². The predicted octanol–water partition coefficient (Wildman–Crippen LogP) is 3.24. The molecular weight excluding hydrogens is 415 g/mol. The number of nitrogens with zero attached hydrogens (tertiary/aromatic N) is 2. The van der Waals surface area contributed by atoms with Crippen LogP contribution in [-0.4, -0.2) is 37.1 Å². The summed E-state index contributed by atoms with van der Waals surface area (Å²) in [5.74, 6) is 0.109. The summed E-state index contributed by atoms with van der Waals surface area (Å²) < 4.78 is 71.5. The van der Waals surface area contributed by atoms with Crippen LogP contribution in [0.1, 0.15) is 38.9 Å². The zero-order valence-electron chi connectivity index (χ0n) is 16.1. The number of rotatable bonds is 6. The van der Waals surface area contributed by atoms with Crippen molar-refractivity contribution in [1.29, 1.82) is 0 Å². The molecular formula is C17H20F3N3O5S. The average Bonchev–Trinajstić information content (AvgIpc) is 3.08. The quantitative estimate of drug-likeness (QED) is 0.741. The summed E-state index contributed by atoms with van der Waals surface area (Å²) in [7, 11) is -4.33. The molecule has 160 valence electrons. The number of aromatic nitrogens is 2. The Morgan fingerprint density at radius 2 is 1.90 bits per heavy atom. The highest BCUT2D eigenvalue weighted by Gasteiger charge is 2.47. The van der Waals surface area contributed by atoms with E-state index in [2.05, 4.69) is 15.5 Å². The van der Waals surface area contributed by atoms with Crippen molar-refractivity contribution in [1.82, 2.24) is 10.1 Å². The van der Waals surface area contributed by atoms with Crippen LogP contribution >= 0.6 is 0 Å². The molecule has 2 aromatic rings. The lowest BCUT2D eigenvalue weighted by Gasteiger charge is -2.13. The first-order valence-corrected chi connectivity index (χ1v) is 9.86. The average molecular weight is 435 g/mol. The van der Waals surface area contributed by atoms with Crippen LogP contribution < -0.4 is 10.1 Å². The molecule has 12 heteroatoms. The summed E-state index contributed by atoms with van der Waals surface area (Å²) in [5, 5.41) is 6.17. The lowest BCUT2D eigenvalue weighted by molar-refractivity contribution is -0.116. The molecule has 1 heterocycles. The first kappa shape index (κ1) is 22.7. The number of ether oxygens (including phenoxy) is 1. The van der Waals surface area contributed by atoms with Crippen molar-refractivity contribution < 1.29 is 35.6 Å². The number of nitrogens with one attached hydrogen (secondary N) is 1. The van der Waals surface area contributed by atoms with Crippen molar-refractivity contribution in [3.05, 3.63) is 29.9 Å². The molecule has 0 spiro atoms. The molecule has 0 aliphatic heterocycles. The minimum atomic E-state index is -5.57. The van der Waals surface area contributed by atoms with Crippen LogP contribution in [0.15, 0.2) is 27.6 Å². The predicted molar refractivity (Wildman–Crippen MR) is 96.2 cm³/mol. The fourth-order valence-electron chi connectivity index (χ4n) is 2.18. The monoisotopic (exact) mass is 435 g/mol. The third kappa shape index (κ3) is 5.25.